The Morgan fingerprint density at radius 1 is 0.885 bits per heavy atom. The van der Waals surface area contributed by atoms with Gasteiger partial charge in [0.05, 0.1) is 0 Å². The molecule has 1 heterocycles. The molecule has 2 heteroatoms. The van der Waals surface area contributed by atoms with E-state index < -0.39 is 0 Å². The molecule has 26 heavy (non-hydrogen) atoms. The first-order valence-corrected chi connectivity index (χ1v) is 9.81. The van der Waals surface area contributed by atoms with Crippen LogP contribution in [0.3, 0.4) is 0 Å². The highest BCUT2D eigenvalue weighted by atomic mass is 16.1. The van der Waals surface area contributed by atoms with Crippen molar-refractivity contribution in [2.45, 2.75) is 46.1 Å². The summed E-state index contributed by atoms with van der Waals surface area (Å²) in [6, 6.07) is 18.4. The van der Waals surface area contributed by atoms with Gasteiger partial charge in [-0.3, -0.25) is 9.69 Å². The van der Waals surface area contributed by atoms with E-state index in [4.69, 9.17) is 0 Å². The first-order valence-electron chi connectivity index (χ1n) is 9.81. The lowest BCUT2D eigenvalue weighted by Crippen LogP contribution is -2.28. The highest BCUT2D eigenvalue weighted by Crippen LogP contribution is 2.24. The average Bonchev–Trinajstić information content (AvgIpc) is 3.00. The molecule has 4 rings (SSSR count). The molecule has 2 aliphatic rings. The maximum absolute atomic E-state index is 11.3. The van der Waals surface area contributed by atoms with Gasteiger partial charge < -0.3 is 0 Å². The number of carbonyl (C=O) groups excluding carboxylic acids is 1. The third-order valence-electron chi connectivity index (χ3n) is 4.68. The lowest BCUT2D eigenvalue weighted by molar-refractivity contribution is 0.104. The number of hydrogen-bond acceptors (Lipinski definition) is 2. The molecule has 0 amide bonds. The first-order chi connectivity index (χ1) is 12.7. The minimum atomic E-state index is 0.112. The van der Waals surface area contributed by atoms with Crippen molar-refractivity contribution >= 4 is 5.78 Å². The largest absolute Gasteiger partial charge is 0.299 e. The summed E-state index contributed by atoms with van der Waals surface area (Å²) in [5.41, 5.74) is 4.11. The van der Waals surface area contributed by atoms with Gasteiger partial charge in [0.2, 0.25) is 0 Å². The molecule has 0 bridgehead atoms. The zero-order chi connectivity index (χ0) is 18.8. The van der Waals surface area contributed by atoms with Crippen LogP contribution in [0.1, 0.15) is 54.6 Å². The number of likely N-dealkylation sites (tertiary alicyclic amines) is 1. The number of hydrogen-bond donors (Lipinski definition) is 0. The van der Waals surface area contributed by atoms with Crippen molar-refractivity contribution in [1.29, 1.82) is 0 Å². The van der Waals surface area contributed by atoms with E-state index >= 15 is 0 Å². The quantitative estimate of drug-likeness (QED) is 0.650. The molecule has 1 fully saturated rings. The van der Waals surface area contributed by atoms with E-state index in [9.17, 15) is 4.79 Å². The zero-order valence-corrected chi connectivity index (χ0v) is 16.2. The molecular formula is C24H31NO. The highest BCUT2D eigenvalue weighted by Gasteiger charge is 2.21. The Labute approximate surface area is 158 Å². The number of ketones is 1. The predicted molar refractivity (Wildman–Crippen MR) is 111 cm³/mol. The highest BCUT2D eigenvalue weighted by molar-refractivity contribution is 6.12. The Bertz CT molecular complexity index is 699. The van der Waals surface area contributed by atoms with E-state index in [0.29, 0.717) is 5.57 Å². The van der Waals surface area contributed by atoms with E-state index in [0.717, 1.165) is 24.1 Å². The minimum absolute atomic E-state index is 0.112. The molecule has 0 saturated carbocycles. The van der Waals surface area contributed by atoms with Crippen LogP contribution in [0, 0.1) is 0 Å². The number of benzene rings is 2. The summed E-state index contributed by atoms with van der Waals surface area (Å²) in [7, 11) is 0. The van der Waals surface area contributed by atoms with E-state index in [1.807, 2.05) is 38.1 Å². The molecule has 0 spiro atoms. The standard InChI is InChI=1S/C12H17N.C10H8O.C2H6/c1-3-7-12(8-4-1)11-13-9-5-2-6-10-13;1-7-6-8-4-2-3-5-9(8)10(7)11;1-2/h1,3-4,7-8H,2,5-6,9-11H2;2-5H,1,6H2;1-2H3. The van der Waals surface area contributed by atoms with Gasteiger partial charge in [-0.1, -0.05) is 81.4 Å². The van der Waals surface area contributed by atoms with Gasteiger partial charge in [-0.2, -0.15) is 0 Å². The van der Waals surface area contributed by atoms with E-state index in [1.165, 1.54) is 37.9 Å². The number of rotatable bonds is 2. The van der Waals surface area contributed by atoms with E-state index in [1.54, 1.807) is 0 Å². The summed E-state index contributed by atoms with van der Waals surface area (Å²) in [5, 5.41) is 0. The number of allylic oxidation sites excluding steroid dienone is 1. The topological polar surface area (TPSA) is 20.3 Å². The smallest absolute Gasteiger partial charge is 0.189 e. The van der Waals surface area contributed by atoms with E-state index in [-0.39, 0.29) is 5.78 Å². The minimum Gasteiger partial charge on any atom is -0.299 e. The number of Topliss-reactive ketones (excluding diaryl/α,β-unsaturated/α-hetero) is 1. The fourth-order valence-electron chi connectivity index (χ4n) is 3.36. The van der Waals surface area contributed by atoms with Crippen LogP contribution in [0.4, 0.5) is 0 Å². The van der Waals surface area contributed by atoms with Gasteiger partial charge in [-0.15, -0.1) is 0 Å². The van der Waals surface area contributed by atoms with Crippen molar-refractivity contribution in [3.63, 3.8) is 0 Å². The van der Waals surface area contributed by atoms with Crippen LogP contribution in [0.25, 0.3) is 0 Å². The third-order valence-corrected chi connectivity index (χ3v) is 4.68. The molecule has 1 aliphatic carbocycles. The van der Waals surface area contributed by atoms with E-state index in [2.05, 4.69) is 41.8 Å². The summed E-state index contributed by atoms with van der Waals surface area (Å²) in [4.78, 5) is 13.9. The van der Waals surface area contributed by atoms with Crippen molar-refractivity contribution in [3.05, 3.63) is 83.4 Å². The predicted octanol–water partition coefficient (Wildman–Crippen LogP) is 5.68. The van der Waals surface area contributed by atoms with Crippen LogP contribution in [-0.2, 0) is 13.0 Å². The Hall–Kier alpha value is -2.19. The van der Waals surface area contributed by atoms with Crippen LogP contribution in [-0.4, -0.2) is 23.8 Å². The van der Waals surface area contributed by atoms with Crippen molar-refractivity contribution in [1.82, 2.24) is 4.90 Å². The Morgan fingerprint density at radius 3 is 2.15 bits per heavy atom. The molecule has 0 atom stereocenters. The Balaban J connectivity index is 0.000000173. The lowest BCUT2D eigenvalue weighted by Gasteiger charge is -2.26. The van der Waals surface area contributed by atoms with Crippen molar-refractivity contribution in [2.24, 2.45) is 0 Å². The Morgan fingerprint density at radius 2 is 1.50 bits per heavy atom. The normalized spacial score (nSPS) is 16.1. The molecule has 0 N–H and O–H groups in total. The molecule has 0 unspecified atom stereocenters. The van der Waals surface area contributed by atoms with Crippen LogP contribution >= 0.6 is 0 Å². The van der Waals surface area contributed by atoms with Crippen molar-refractivity contribution in [3.8, 4) is 0 Å². The maximum atomic E-state index is 11.3. The fourth-order valence-corrected chi connectivity index (χ4v) is 3.36. The third kappa shape index (κ3) is 5.67. The van der Waals surface area contributed by atoms with Gasteiger partial charge in [0.25, 0.3) is 0 Å². The average molecular weight is 350 g/mol. The summed E-state index contributed by atoms with van der Waals surface area (Å²) in [6.07, 6.45) is 4.92. The van der Waals surface area contributed by atoms with Crippen LogP contribution in [0.5, 0.6) is 0 Å². The van der Waals surface area contributed by atoms with Gasteiger partial charge in [0.1, 0.15) is 0 Å². The summed E-state index contributed by atoms with van der Waals surface area (Å²) in [5.74, 6) is 0.112. The van der Waals surface area contributed by atoms with Gasteiger partial charge in [0.15, 0.2) is 5.78 Å². The maximum Gasteiger partial charge on any atom is 0.189 e. The molecule has 2 nitrogen and oxygen atoms in total. The van der Waals surface area contributed by atoms with Crippen molar-refractivity contribution < 1.29 is 4.79 Å². The van der Waals surface area contributed by atoms with Crippen molar-refractivity contribution in [2.75, 3.05) is 13.1 Å². The summed E-state index contributed by atoms with van der Waals surface area (Å²) >= 11 is 0. The van der Waals surface area contributed by atoms with Crippen LogP contribution in [0.15, 0.2) is 66.7 Å². The lowest BCUT2D eigenvalue weighted by atomic mass is 10.1. The zero-order valence-electron chi connectivity index (χ0n) is 16.2. The molecule has 2 aromatic rings. The SMILES string of the molecule is C=C1Cc2ccccc2C1=O.CC.c1ccc(CN2CCCCC2)cc1. The molecule has 0 radical (unpaired) electrons. The molecule has 2 aromatic carbocycles. The van der Waals surface area contributed by atoms with Gasteiger partial charge in [-0.25, -0.2) is 0 Å². The second kappa shape index (κ2) is 10.7. The van der Waals surface area contributed by atoms with Gasteiger partial charge in [-0.05, 0) is 42.6 Å². The molecule has 0 aromatic heterocycles. The summed E-state index contributed by atoms with van der Waals surface area (Å²) in [6.45, 7) is 11.4. The molecule has 1 saturated heterocycles. The Kier molecular flexibility index (Phi) is 8.30. The second-order valence-electron chi connectivity index (χ2n) is 6.59. The fraction of sp³-hybridized carbons (Fsp3) is 0.375. The van der Waals surface area contributed by atoms with Gasteiger partial charge in [0, 0.05) is 18.5 Å². The summed E-state index contributed by atoms with van der Waals surface area (Å²) < 4.78 is 0. The van der Waals surface area contributed by atoms with Gasteiger partial charge >= 0.3 is 0 Å². The number of fused-ring (bicyclic) bond motifs is 1. The van der Waals surface area contributed by atoms with Crippen LogP contribution < -0.4 is 0 Å². The second-order valence-corrected chi connectivity index (χ2v) is 6.59. The molecular weight excluding hydrogens is 318 g/mol. The monoisotopic (exact) mass is 349 g/mol. The van der Waals surface area contributed by atoms with Crippen LogP contribution in [0.2, 0.25) is 0 Å². The number of piperidine rings is 1. The first kappa shape index (κ1) is 20.1. The number of nitrogens with zero attached hydrogens (tertiary/aromatic N) is 1. The molecule has 1 aliphatic heterocycles. The number of carbonyl (C=O) groups is 1. The molecule has 138 valence electrons.